The number of aromatic nitrogens is 1. The molecule has 68 valence electrons. The van der Waals surface area contributed by atoms with Gasteiger partial charge in [-0.25, -0.2) is 0 Å². The predicted octanol–water partition coefficient (Wildman–Crippen LogP) is -1.41. The molecule has 0 aliphatic carbocycles. The van der Waals surface area contributed by atoms with Crippen LogP contribution in [0.1, 0.15) is 10.4 Å². The molecule has 1 rings (SSSR count). The first kappa shape index (κ1) is 8.91. The van der Waals surface area contributed by atoms with Crippen LogP contribution < -0.4 is 9.84 Å². The molecule has 0 spiro atoms. The van der Waals surface area contributed by atoms with Gasteiger partial charge in [-0.1, -0.05) is 0 Å². The zero-order chi connectivity index (χ0) is 10.0. The van der Waals surface area contributed by atoms with Crippen LogP contribution in [0, 0.1) is 15.3 Å². The standard InChI is InChI=1S/C6H4N2O5/c9-6(10)4-3-7(11)2-1-5(4)8(12)13/h1-3H,(H,9,10)/p-1. The van der Waals surface area contributed by atoms with E-state index in [0.29, 0.717) is 6.20 Å². The van der Waals surface area contributed by atoms with E-state index in [2.05, 4.69) is 0 Å². The molecule has 0 unspecified atom stereocenters. The summed E-state index contributed by atoms with van der Waals surface area (Å²) in [5.41, 5.74) is -1.39. The van der Waals surface area contributed by atoms with Crippen molar-refractivity contribution in [2.45, 2.75) is 0 Å². The Morgan fingerprint density at radius 1 is 1.54 bits per heavy atom. The van der Waals surface area contributed by atoms with Crippen molar-refractivity contribution in [1.82, 2.24) is 0 Å². The van der Waals surface area contributed by atoms with Crippen molar-refractivity contribution in [3.05, 3.63) is 39.3 Å². The van der Waals surface area contributed by atoms with Gasteiger partial charge in [0, 0.05) is 0 Å². The number of hydrogen-bond donors (Lipinski definition) is 0. The Bertz CT molecular complexity index is 375. The number of aromatic carboxylic acids is 1. The van der Waals surface area contributed by atoms with Gasteiger partial charge in [-0.3, -0.25) is 10.1 Å². The second-order valence-electron chi connectivity index (χ2n) is 2.15. The fourth-order valence-electron chi connectivity index (χ4n) is 0.787. The van der Waals surface area contributed by atoms with Crippen molar-refractivity contribution in [2.24, 2.45) is 0 Å². The van der Waals surface area contributed by atoms with Gasteiger partial charge in [0.15, 0.2) is 12.4 Å². The highest BCUT2D eigenvalue weighted by molar-refractivity contribution is 5.89. The molecule has 0 aliphatic rings. The molecule has 0 aromatic carbocycles. The monoisotopic (exact) mass is 183 g/mol. The molecule has 7 nitrogen and oxygen atoms in total. The summed E-state index contributed by atoms with van der Waals surface area (Å²) in [5.74, 6) is -1.75. The van der Waals surface area contributed by atoms with E-state index in [1.165, 1.54) is 0 Å². The summed E-state index contributed by atoms with van der Waals surface area (Å²) in [5, 5.41) is 31.1. The van der Waals surface area contributed by atoms with Gasteiger partial charge in [-0.05, 0) is 0 Å². The number of rotatable bonds is 2. The first-order chi connectivity index (χ1) is 6.02. The zero-order valence-electron chi connectivity index (χ0n) is 6.17. The third kappa shape index (κ3) is 1.70. The van der Waals surface area contributed by atoms with Crippen LogP contribution >= 0.6 is 0 Å². The van der Waals surface area contributed by atoms with Gasteiger partial charge in [0.25, 0.3) is 5.69 Å². The molecule has 7 heteroatoms. The zero-order valence-corrected chi connectivity index (χ0v) is 6.17. The lowest BCUT2D eigenvalue weighted by Crippen LogP contribution is -2.31. The summed E-state index contributed by atoms with van der Waals surface area (Å²) in [4.78, 5) is 19.7. The molecule has 0 atom stereocenters. The summed E-state index contributed by atoms with van der Waals surface area (Å²) >= 11 is 0. The Hall–Kier alpha value is -2.18. The van der Waals surface area contributed by atoms with Crippen LogP contribution in [0.4, 0.5) is 5.69 Å². The van der Waals surface area contributed by atoms with Gasteiger partial charge in [-0.15, -0.1) is 0 Å². The summed E-state index contributed by atoms with van der Waals surface area (Å²) in [6.07, 6.45) is 1.41. The molecule has 13 heavy (non-hydrogen) atoms. The number of carboxylic acids is 1. The number of nitro groups is 1. The van der Waals surface area contributed by atoms with Gasteiger partial charge in [0.1, 0.15) is 5.56 Å². The molecule has 0 saturated carbocycles. The number of carboxylic acid groups (broad SMARTS) is 1. The Kier molecular flexibility index (Phi) is 2.09. The minimum atomic E-state index is -1.75. The number of nitrogens with zero attached hydrogens (tertiary/aromatic N) is 2. The molecule has 0 amide bonds. The average molecular weight is 183 g/mol. The fraction of sp³-hybridized carbons (Fsp3) is 0. The molecular weight excluding hydrogens is 180 g/mol. The highest BCUT2D eigenvalue weighted by Gasteiger charge is 2.17. The highest BCUT2D eigenvalue weighted by Crippen LogP contribution is 2.13. The maximum absolute atomic E-state index is 10.6. The van der Waals surface area contributed by atoms with Crippen LogP contribution in [0.3, 0.4) is 0 Å². The lowest BCUT2D eigenvalue weighted by atomic mass is 10.2. The minimum absolute atomic E-state index is 0.151. The molecule has 0 saturated heterocycles. The first-order valence-corrected chi connectivity index (χ1v) is 3.11. The van der Waals surface area contributed by atoms with E-state index >= 15 is 0 Å². The predicted molar refractivity (Wildman–Crippen MR) is 36.4 cm³/mol. The van der Waals surface area contributed by atoms with Crippen LogP contribution in [0.5, 0.6) is 0 Å². The van der Waals surface area contributed by atoms with Crippen LogP contribution in [-0.2, 0) is 0 Å². The molecule has 0 radical (unpaired) electrons. The van der Waals surface area contributed by atoms with Crippen molar-refractivity contribution in [3.8, 4) is 0 Å². The van der Waals surface area contributed by atoms with Crippen LogP contribution in [0.2, 0.25) is 0 Å². The third-order valence-corrected chi connectivity index (χ3v) is 1.33. The van der Waals surface area contributed by atoms with Crippen LogP contribution in [0.15, 0.2) is 18.5 Å². The van der Waals surface area contributed by atoms with E-state index in [1.807, 2.05) is 0 Å². The number of hydrogen-bond acceptors (Lipinski definition) is 5. The lowest BCUT2D eigenvalue weighted by Gasteiger charge is -2.02. The molecule has 1 aromatic heterocycles. The second kappa shape index (κ2) is 3.05. The van der Waals surface area contributed by atoms with Gasteiger partial charge in [0.05, 0.1) is 17.0 Å². The summed E-state index contributed by atoms with van der Waals surface area (Å²) < 4.78 is 0.151. The van der Waals surface area contributed by atoms with E-state index in [0.717, 1.165) is 12.3 Å². The van der Waals surface area contributed by atoms with Crippen molar-refractivity contribution in [2.75, 3.05) is 0 Å². The molecule has 1 heterocycles. The van der Waals surface area contributed by atoms with Crippen molar-refractivity contribution < 1.29 is 19.6 Å². The maximum Gasteiger partial charge on any atom is 0.290 e. The molecular formula is C6H3N2O5-. The van der Waals surface area contributed by atoms with Gasteiger partial charge < -0.3 is 15.1 Å². The highest BCUT2D eigenvalue weighted by atomic mass is 16.6. The number of carbonyl (C=O) groups excluding carboxylic acids is 1. The summed E-state index contributed by atoms with van der Waals surface area (Å²) in [6.45, 7) is 0. The SMILES string of the molecule is O=C([O-])c1c[n+]([O-])ccc1[N+](=O)[O-]. The minimum Gasteiger partial charge on any atom is -0.619 e. The van der Waals surface area contributed by atoms with Gasteiger partial charge in [0.2, 0.25) is 0 Å². The van der Waals surface area contributed by atoms with Crippen molar-refractivity contribution in [1.29, 1.82) is 0 Å². The van der Waals surface area contributed by atoms with Crippen molar-refractivity contribution >= 4 is 11.7 Å². The fourth-order valence-corrected chi connectivity index (χ4v) is 0.787. The Labute approximate surface area is 71.6 Å². The van der Waals surface area contributed by atoms with Gasteiger partial charge >= 0.3 is 0 Å². The summed E-state index contributed by atoms with van der Waals surface area (Å²) in [7, 11) is 0. The van der Waals surface area contributed by atoms with Crippen LogP contribution in [-0.4, -0.2) is 10.9 Å². The van der Waals surface area contributed by atoms with E-state index in [4.69, 9.17) is 0 Å². The molecule has 0 N–H and O–H groups in total. The maximum atomic E-state index is 10.6. The Morgan fingerprint density at radius 2 is 2.15 bits per heavy atom. The Morgan fingerprint density at radius 3 is 2.62 bits per heavy atom. The topological polar surface area (TPSA) is 110 Å². The summed E-state index contributed by atoms with van der Waals surface area (Å²) in [6, 6.07) is 0.804. The van der Waals surface area contributed by atoms with Crippen LogP contribution in [0.25, 0.3) is 0 Å². The van der Waals surface area contributed by atoms with E-state index < -0.39 is 22.1 Å². The number of carbonyl (C=O) groups is 1. The molecule has 0 aliphatic heterocycles. The van der Waals surface area contributed by atoms with E-state index in [9.17, 15) is 25.2 Å². The normalized spacial score (nSPS) is 9.54. The number of pyridine rings is 1. The van der Waals surface area contributed by atoms with E-state index in [1.54, 1.807) is 0 Å². The largest absolute Gasteiger partial charge is 0.619 e. The third-order valence-electron chi connectivity index (χ3n) is 1.33. The molecule has 0 fully saturated rings. The average Bonchev–Trinajstić information content (AvgIpc) is 2.03. The molecule has 1 aromatic rings. The molecule has 0 bridgehead atoms. The Balaban J connectivity index is 3.35. The first-order valence-electron chi connectivity index (χ1n) is 3.11. The second-order valence-corrected chi connectivity index (χ2v) is 2.15. The quantitative estimate of drug-likeness (QED) is 0.242. The van der Waals surface area contributed by atoms with E-state index in [-0.39, 0.29) is 4.73 Å². The smallest absolute Gasteiger partial charge is 0.290 e. The lowest BCUT2D eigenvalue weighted by molar-refractivity contribution is -0.606. The van der Waals surface area contributed by atoms with Gasteiger partial charge in [-0.2, -0.15) is 4.73 Å². The van der Waals surface area contributed by atoms with Crippen molar-refractivity contribution in [3.63, 3.8) is 0 Å².